The molecule has 0 atom stereocenters. The first kappa shape index (κ1) is 23.5. The molecule has 6 nitrogen and oxygen atoms in total. The van der Waals surface area contributed by atoms with Gasteiger partial charge in [0.25, 0.3) is 5.91 Å². The lowest BCUT2D eigenvalue weighted by Gasteiger charge is -2.35. The van der Waals surface area contributed by atoms with Gasteiger partial charge in [0, 0.05) is 47.5 Å². The fraction of sp³-hybridized carbons (Fsp3) is 0.286. The number of thiophene rings is 1. The van der Waals surface area contributed by atoms with Gasteiger partial charge in [-0.05, 0) is 60.5 Å². The van der Waals surface area contributed by atoms with Gasteiger partial charge in [0.1, 0.15) is 0 Å². The van der Waals surface area contributed by atoms with Crippen molar-refractivity contribution in [3.05, 3.63) is 75.1 Å². The molecule has 2 aromatic heterocycles. The highest BCUT2D eigenvalue weighted by Crippen LogP contribution is 2.34. The highest BCUT2D eigenvalue weighted by Gasteiger charge is 2.25. The number of nitrogens with zero attached hydrogens (tertiary/aromatic N) is 3. The molecule has 0 unspecified atom stereocenters. The minimum absolute atomic E-state index is 0.0664. The van der Waals surface area contributed by atoms with E-state index in [1.807, 2.05) is 35.2 Å². The van der Waals surface area contributed by atoms with Crippen LogP contribution in [0.3, 0.4) is 0 Å². The summed E-state index contributed by atoms with van der Waals surface area (Å²) in [5.41, 5.74) is 3.61. The topological polar surface area (TPSA) is 54.9 Å². The van der Waals surface area contributed by atoms with E-state index in [4.69, 9.17) is 14.5 Å². The Morgan fingerprint density at radius 2 is 1.83 bits per heavy atom. The van der Waals surface area contributed by atoms with Crippen LogP contribution >= 0.6 is 27.3 Å². The van der Waals surface area contributed by atoms with Crippen LogP contribution in [0.15, 0.2) is 59.1 Å². The Labute approximate surface area is 222 Å². The van der Waals surface area contributed by atoms with Gasteiger partial charge in [-0.2, -0.15) is 0 Å². The lowest BCUT2D eigenvalue weighted by Crippen LogP contribution is -2.48. The average molecular weight is 565 g/mol. The van der Waals surface area contributed by atoms with Crippen LogP contribution in [-0.4, -0.2) is 53.7 Å². The number of amides is 1. The zero-order valence-corrected chi connectivity index (χ0v) is 22.4. The molecule has 0 bridgehead atoms. The summed E-state index contributed by atoms with van der Waals surface area (Å²) in [5.74, 6) is 1.68. The number of fused-ring (bicyclic) bond motifs is 2. The second-order valence-corrected chi connectivity index (χ2v) is 11.2. The highest BCUT2D eigenvalue weighted by molar-refractivity contribution is 9.10. The Kier molecular flexibility index (Phi) is 6.41. The van der Waals surface area contributed by atoms with Gasteiger partial charge in [0.15, 0.2) is 11.5 Å². The van der Waals surface area contributed by atoms with Crippen LogP contribution in [0.5, 0.6) is 11.5 Å². The minimum atomic E-state index is 0.0664. The number of aryl methyl sites for hydroxylation is 1. The van der Waals surface area contributed by atoms with Gasteiger partial charge in [-0.1, -0.05) is 28.9 Å². The smallest absolute Gasteiger partial charge is 0.254 e. The molecular weight excluding hydrogens is 538 g/mol. The number of hydrogen-bond donors (Lipinski definition) is 0. The predicted octanol–water partition coefficient (Wildman–Crippen LogP) is 5.97. The van der Waals surface area contributed by atoms with Gasteiger partial charge in [0.2, 0.25) is 6.79 Å². The van der Waals surface area contributed by atoms with Gasteiger partial charge in [-0.25, -0.2) is 4.98 Å². The molecule has 36 heavy (non-hydrogen) atoms. The Hall–Kier alpha value is -2.94. The fourth-order valence-electron chi connectivity index (χ4n) is 4.78. The number of carbonyl (C=O) groups is 1. The molecule has 0 N–H and O–H groups in total. The van der Waals surface area contributed by atoms with E-state index in [1.165, 1.54) is 10.4 Å². The van der Waals surface area contributed by atoms with Crippen LogP contribution in [-0.2, 0) is 13.0 Å². The highest BCUT2D eigenvalue weighted by atomic mass is 79.9. The molecule has 0 spiro atoms. The first-order valence-corrected chi connectivity index (χ1v) is 13.8. The summed E-state index contributed by atoms with van der Waals surface area (Å²) in [4.78, 5) is 25.5. The molecule has 1 fully saturated rings. The minimum Gasteiger partial charge on any atom is -0.454 e. The summed E-state index contributed by atoms with van der Waals surface area (Å²) in [6.07, 6.45) is 0.994. The SMILES string of the molecule is CCc1ccc(-c2cc(C(=O)N3CCN(Cc4ccc5c(c4)OCO5)CC3)c3cc(Br)ccc3n2)s1. The number of pyridine rings is 1. The maximum Gasteiger partial charge on any atom is 0.254 e. The third-order valence-corrected chi connectivity index (χ3v) is 8.51. The van der Waals surface area contributed by atoms with Gasteiger partial charge < -0.3 is 14.4 Å². The summed E-state index contributed by atoms with van der Waals surface area (Å²) >= 11 is 5.31. The molecular formula is C28H26BrN3O3S. The summed E-state index contributed by atoms with van der Waals surface area (Å²) in [7, 11) is 0. The van der Waals surface area contributed by atoms with Gasteiger partial charge >= 0.3 is 0 Å². The van der Waals surface area contributed by atoms with Crippen LogP contribution in [0.4, 0.5) is 0 Å². The molecule has 1 saturated heterocycles. The number of hydrogen-bond acceptors (Lipinski definition) is 6. The van der Waals surface area contributed by atoms with Crippen molar-refractivity contribution in [1.29, 1.82) is 0 Å². The van der Waals surface area contributed by atoms with Crippen LogP contribution in [0.2, 0.25) is 0 Å². The monoisotopic (exact) mass is 563 g/mol. The first-order valence-electron chi connectivity index (χ1n) is 12.2. The zero-order chi connectivity index (χ0) is 24.6. The molecule has 0 aliphatic carbocycles. The van der Waals surface area contributed by atoms with Gasteiger partial charge in [-0.15, -0.1) is 11.3 Å². The van der Waals surface area contributed by atoms with Crippen molar-refractivity contribution in [3.8, 4) is 22.1 Å². The molecule has 6 rings (SSSR count). The first-order chi connectivity index (χ1) is 17.6. The molecule has 2 aliphatic rings. The Bertz CT molecular complexity index is 1450. The van der Waals surface area contributed by atoms with Crippen molar-refractivity contribution >= 4 is 44.1 Å². The van der Waals surface area contributed by atoms with E-state index >= 15 is 0 Å². The normalized spacial score (nSPS) is 15.6. The van der Waals surface area contributed by atoms with E-state index in [-0.39, 0.29) is 12.7 Å². The Morgan fingerprint density at radius 1 is 1.00 bits per heavy atom. The standard InChI is InChI=1S/C28H26BrN3O3S/c1-2-20-5-8-27(36-20)24-15-22(21-14-19(29)4-6-23(21)30-24)28(33)32-11-9-31(10-12-32)16-18-3-7-25-26(13-18)35-17-34-25/h3-8,13-15H,2,9-12,16-17H2,1H3. The molecule has 4 aromatic rings. The predicted molar refractivity (Wildman–Crippen MR) is 146 cm³/mol. The zero-order valence-electron chi connectivity index (χ0n) is 20.0. The van der Waals surface area contributed by atoms with Gasteiger partial charge in [-0.3, -0.25) is 9.69 Å². The molecule has 8 heteroatoms. The number of ether oxygens (including phenoxy) is 2. The van der Waals surface area contributed by atoms with E-state index in [0.717, 1.165) is 63.5 Å². The quantitative estimate of drug-likeness (QED) is 0.299. The lowest BCUT2D eigenvalue weighted by atomic mass is 10.0. The third kappa shape index (κ3) is 4.61. The number of piperazine rings is 1. The van der Waals surface area contributed by atoms with Crippen LogP contribution in [0, 0.1) is 0 Å². The van der Waals surface area contributed by atoms with Crippen molar-refractivity contribution in [2.24, 2.45) is 0 Å². The van der Waals surface area contributed by atoms with Crippen LogP contribution in [0.1, 0.15) is 27.7 Å². The molecule has 1 amide bonds. The molecule has 0 radical (unpaired) electrons. The van der Waals surface area contributed by atoms with Crippen molar-refractivity contribution in [1.82, 2.24) is 14.8 Å². The van der Waals surface area contributed by atoms with Crippen molar-refractivity contribution in [2.45, 2.75) is 19.9 Å². The van der Waals surface area contributed by atoms with Crippen molar-refractivity contribution in [2.75, 3.05) is 33.0 Å². The number of halogens is 1. The van der Waals surface area contributed by atoms with Crippen LogP contribution in [0.25, 0.3) is 21.5 Å². The fourth-order valence-corrected chi connectivity index (χ4v) is 6.05. The molecule has 2 aliphatic heterocycles. The molecule has 184 valence electrons. The Morgan fingerprint density at radius 3 is 2.64 bits per heavy atom. The van der Waals surface area contributed by atoms with Crippen molar-refractivity contribution < 1.29 is 14.3 Å². The number of rotatable bonds is 5. The van der Waals surface area contributed by atoms with E-state index in [1.54, 1.807) is 11.3 Å². The van der Waals surface area contributed by atoms with Gasteiger partial charge in [0.05, 0.1) is 21.7 Å². The average Bonchev–Trinajstić information content (AvgIpc) is 3.57. The number of carbonyl (C=O) groups excluding carboxylic acids is 1. The van der Waals surface area contributed by atoms with E-state index in [0.29, 0.717) is 18.7 Å². The van der Waals surface area contributed by atoms with E-state index in [2.05, 4.69) is 52.0 Å². The molecule has 4 heterocycles. The molecule has 2 aromatic carbocycles. The second kappa shape index (κ2) is 9.84. The maximum absolute atomic E-state index is 13.8. The van der Waals surface area contributed by atoms with E-state index in [9.17, 15) is 4.79 Å². The maximum atomic E-state index is 13.8. The van der Waals surface area contributed by atoms with E-state index < -0.39 is 0 Å². The van der Waals surface area contributed by atoms with Crippen LogP contribution < -0.4 is 9.47 Å². The summed E-state index contributed by atoms with van der Waals surface area (Å²) < 4.78 is 11.9. The second-order valence-electron chi connectivity index (χ2n) is 9.09. The molecule has 0 saturated carbocycles. The Balaban J connectivity index is 1.22. The third-order valence-electron chi connectivity index (χ3n) is 6.77. The van der Waals surface area contributed by atoms with Crippen molar-refractivity contribution in [3.63, 3.8) is 0 Å². The number of benzene rings is 2. The lowest BCUT2D eigenvalue weighted by molar-refractivity contribution is 0.0630. The summed E-state index contributed by atoms with van der Waals surface area (Å²) in [5, 5.41) is 0.883. The number of aromatic nitrogens is 1. The largest absolute Gasteiger partial charge is 0.454 e. The summed E-state index contributed by atoms with van der Waals surface area (Å²) in [6.45, 7) is 6.29. The summed E-state index contributed by atoms with van der Waals surface area (Å²) in [6, 6.07) is 18.3.